The number of carbonyl (C=O) groups is 1. The zero-order valence-corrected chi connectivity index (χ0v) is 15.1. The van der Waals surface area contributed by atoms with Crippen LogP contribution in [0.4, 0.5) is 0 Å². The van der Waals surface area contributed by atoms with E-state index in [-0.39, 0.29) is 30.7 Å². The molecule has 1 aliphatic rings. The molecule has 0 spiro atoms. The standard InChI is InChI=1S/C16H19N3OS.2ClH/c20-15(9-14-11-21-8-7-17-14)19-10-13-4-1-3-12-5-2-6-18-16(12)13;;/h1-6,14,17H,7-11H2,(H,19,20);2*1H. The molecule has 1 aromatic heterocycles. The molecule has 0 saturated carbocycles. The van der Waals surface area contributed by atoms with Crippen molar-refractivity contribution >= 4 is 53.4 Å². The van der Waals surface area contributed by atoms with Crippen LogP contribution in [0, 0.1) is 0 Å². The predicted molar refractivity (Wildman–Crippen MR) is 102 cm³/mol. The van der Waals surface area contributed by atoms with Crippen LogP contribution in [0.2, 0.25) is 0 Å². The molecule has 1 fully saturated rings. The van der Waals surface area contributed by atoms with Crippen LogP contribution in [0.15, 0.2) is 36.5 Å². The van der Waals surface area contributed by atoms with Gasteiger partial charge in [-0.15, -0.1) is 24.8 Å². The number of nitrogens with one attached hydrogen (secondary N) is 2. The number of amides is 1. The van der Waals surface area contributed by atoms with Crippen molar-refractivity contribution in [1.82, 2.24) is 15.6 Å². The van der Waals surface area contributed by atoms with Crippen LogP contribution in [-0.4, -0.2) is 35.0 Å². The maximum absolute atomic E-state index is 12.0. The quantitative estimate of drug-likeness (QED) is 0.864. The maximum Gasteiger partial charge on any atom is 0.221 e. The van der Waals surface area contributed by atoms with Crippen molar-refractivity contribution in [3.05, 3.63) is 42.1 Å². The molecule has 0 aliphatic carbocycles. The third-order valence-electron chi connectivity index (χ3n) is 3.62. The zero-order chi connectivity index (χ0) is 14.5. The summed E-state index contributed by atoms with van der Waals surface area (Å²) in [7, 11) is 0. The van der Waals surface area contributed by atoms with Gasteiger partial charge < -0.3 is 10.6 Å². The second-order valence-corrected chi connectivity index (χ2v) is 6.35. The molecule has 0 radical (unpaired) electrons. The number of hydrogen-bond acceptors (Lipinski definition) is 4. The zero-order valence-electron chi connectivity index (χ0n) is 12.7. The van der Waals surface area contributed by atoms with E-state index in [1.165, 1.54) is 0 Å². The number of halogens is 2. The Balaban J connectivity index is 0.00000132. The Morgan fingerprint density at radius 2 is 2.13 bits per heavy atom. The summed E-state index contributed by atoms with van der Waals surface area (Å²) >= 11 is 1.91. The van der Waals surface area contributed by atoms with Crippen molar-refractivity contribution in [3.63, 3.8) is 0 Å². The molecule has 1 saturated heterocycles. The molecular weight excluding hydrogens is 353 g/mol. The highest BCUT2D eigenvalue weighted by Gasteiger charge is 2.16. The van der Waals surface area contributed by atoms with E-state index in [0.717, 1.165) is 34.5 Å². The summed E-state index contributed by atoms with van der Waals surface area (Å²) in [6.45, 7) is 1.53. The Kier molecular flexibility index (Phi) is 8.69. The first kappa shape index (κ1) is 20.0. The van der Waals surface area contributed by atoms with Crippen LogP contribution in [0.5, 0.6) is 0 Å². The van der Waals surface area contributed by atoms with Gasteiger partial charge in [-0.25, -0.2) is 0 Å². The molecule has 0 bridgehead atoms. The summed E-state index contributed by atoms with van der Waals surface area (Å²) in [6.07, 6.45) is 2.34. The average Bonchev–Trinajstić information content (AvgIpc) is 2.54. The first-order valence-electron chi connectivity index (χ1n) is 7.23. The van der Waals surface area contributed by atoms with Crippen molar-refractivity contribution in [2.75, 3.05) is 18.1 Å². The molecule has 1 aromatic carbocycles. The van der Waals surface area contributed by atoms with Crippen molar-refractivity contribution in [1.29, 1.82) is 0 Å². The summed E-state index contributed by atoms with van der Waals surface area (Å²) in [4.78, 5) is 16.4. The number of fused-ring (bicyclic) bond motifs is 1. The number of para-hydroxylation sites is 1. The second-order valence-electron chi connectivity index (χ2n) is 5.20. The monoisotopic (exact) mass is 373 g/mol. The van der Waals surface area contributed by atoms with Crippen molar-refractivity contribution in [2.24, 2.45) is 0 Å². The third-order valence-corrected chi connectivity index (χ3v) is 4.75. The van der Waals surface area contributed by atoms with E-state index >= 15 is 0 Å². The first-order chi connectivity index (χ1) is 10.3. The van der Waals surface area contributed by atoms with E-state index < -0.39 is 0 Å². The van der Waals surface area contributed by atoms with Gasteiger partial charge in [-0.3, -0.25) is 9.78 Å². The van der Waals surface area contributed by atoms with Crippen LogP contribution in [0.1, 0.15) is 12.0 Å². The molecular formula is C16H21Cl2N3OS. The fourth-order valence-electron chi connectivity index (χ4n) is 2.55. The summed E-state index contributed by atoms with van der Waals surface area (Å²) in [6, 6.07) is 10.3. The number of rotatable bonds is 4. The van der Waals surface area contributed by atoms with Gasteiger partial charge in [-0.05, 0) is 11.6 Å². The smallest absolute Gasteiger partial charge is 0.221 e. The van der Waals surface area contributed by atoms with Gasteiger partial charge in [0.1, 0.15) is 0 Å². The van der Waals surface area contributed by atoms with Crippen molar-refractivity contribution < 1.29 is 4.79 Å². The van der Waals surface area contributed by atoms with E-state index in [1.54, 1.807) is 6.20 Å². The van der Waals surface area contributed by atoms with Gasteiger partial charge in [0, 0.05) is 48.6 Å². The van der Waals surface area contributed by atoms with Crippen molar-refractivity contribution in [3.8, 4) is 0 Å². The van der Waals surface area contributed by atoms with Gasteiger partial charge in [0.15, 0.2) is 0 Å². The maximum atomic E-state index is 12.0. The minimum Gasteiger partial charge on any atom is -0.352 e. The summed E-state index contributed by atoms with van der Waals surface area (Å²) in [5.74, 6) is 2.26. The lowest BCUT2D eigenvalue weighted by Crippen LogP contribution is -2.41. The molecule has 7 heteroatoms. The molecule has 2 N–H and O–H groups in total. The molecule has 1 atom stereocenters. The van der Waals surface area contributed by atoms with Crippen LogP contribution in [-0.2, 0) is 11.3 Å². The van der Waals surface area contributed by atoms with E-state index in [2.05, 4.69) is 15.6 Å². The molecule has 1 amide bonds. The summed E-state index contributed by atoms with van der Waals surface area (Å²) in [5, 5.41) is 7.50. The van der Waals surface area contributed by atoms with Gasteiger partial charge >= 0.3 is 0 Å². The lowest BCUT2D eigenvalue weighted by atomic mass is 10.1. The molecule has 2 heterocycles. The normalized spacial score (nSPS) is 17.0. The average molecular weight is 374 g/mol. The SMILES string of the molecule is Cl.Cl.O=C(CC1CSCCN1)NCc1cccc2cccnc12. The number of benzene rings is 1. The van der Waals surface area contributed by atoms with Gasteiger partial charge in [-0.2, -0.15) is 11.8 Å². The minimum absolute atomic E-state index is 0. The number of pyridine rings is 1. The molecule has 2 aromatic rings. The number of thioether (sulfide) groups is 1. The Morgan fingerprint density at radius 3 is 2.91 bits per heavy atom. The predicted octanol–water partition coefficient (Wildman–Crippen LogP) is 2.79. The third kappa shape index (κ3) is 5.53. The number of carbonyl (C=O) groups excluding carboxylic acids is 1. The lowest BCUT2D eigenvalue weighted by molar-refractivity contribution is -0.121. The van der Waals surface area contributed by atoms with E-state index in [0.29, 0.717) is 19.0 Å². The van der Waals surface area contributed by atoms with Gasteiger partial charge in [0.2, 0.25) is 5.91 Å². The van der Waals surface area contributed by atoms with Crippen LogP contribution < -0.4 is 10.6 Å². The van der Waals surface area contributed by atoms with E-state index in [9.17, 15) is 4.79 Å². The molecule has 23 heavy (non-hydrogen) atoms. The minimum atomic E-state index is 0. The fraction of sp³-hybridized carbons (Fsp3) is 0.375. The number of hydrogen-bond donors (Lipinski definition) is 2. The Bertz CT molecular complexity index is 630. The number of aromatic nitrogens is 1. The molecule has 4 nitrogen and oxygen atoms in total. The van der Waals surface area contributed by atoms with Crippen LogP contribution in [0.25, 0.3) is 10.9 Å². The molecule has 1 aliphatic heterocycles. The molecule has 1 unspecified atom stereocenters. The van der Waals surface area contributed by atoms with Crippen LogP contribution >= 0.6 is 36.6 Å². The van der Waals surface area contributed by atoms with Gasteiger partial charge in [0.05, 0.1) is 5.52 Å². The summed E-state index contributed by atoms with van der Waals surface area (Å²) < 4.78 is 0. The highest BCUT2D eigenvalue weighted by molar-refractivity contribution is 7.99. The second kappa shape index (κ2) is 9.98. The Labute approximate surface area is 153 Å². The molecule has 126 valence electrons. The highest BCUT2D eigenvalue weighted by atomic mass is 35.5. The topological polar surface area (TPSA) is 54.0 Å². The Morgan fingerprint density at radius 1 is 1.30 bits per heavy atom. The van der Waals surface area contributed by atoms with Gasteiger partial charge in [0.25, 0.3) is 0 Å². The largest absolute Gasteiger partial charge is 0.352 e. The fourth-order valence-corrected chi connectivity index (χ4v) is 3.50. The van der Waals surface area contributed by atoms with E-state index in [4.69, 9.17) is 0 Å². The lowest BCUT2D eigenvalue weighted by Gasteiger charge is -2.22. The molecule has 3 rings (SSSR count). The Hall–Kier alpha value is -1.01. The first-order valence-corrected chi connectivity index (χ1v) is 8.39. The summed E-state index contributed by atoms with van der Waals surface area (Å²) in [5.41, 5.74) is 2.03. The number of nitrogens with zero attached hydrogens (tertiary/aromatic N) is 1. The van der Waals surface area contributed by atoms with Crippen molar-refractivity contribution in [2.45, 2.75) is 19.0 Å². The van der Waals surface area contributed by atoms with E-state index in [1.807, 2.05) is 42.1 Å². The highest BCUT2D eigenvalue weighted by Crippen LogP contribution is 2.16. The van der Waals surface area contributed by atoms with Crippen LogP contribution in [0.3, 0.4) is 0 Å². The van der Waals surface area contributed by atoms with Gasteiger partial charge in [-0.1, -0.05) is 24.3 Å².